The smallest absolute Gasteiger partial charge is 0.198 e. The second-order valence-corrected chi connectivity index (χ2v) is 6.00. The average Bonchev–Trinajstić information content (AvgIpc) is 3.35. The third-order valence-corrected chi connectivity index (χ3v) is 4.37. The Bertz CT molecular complexity index is 1060. The summed E-state index contributed by atoms with van der Waals surface area (Å²) in [5.41, 5.74) is 2.40. The molecule has 4 rings (SSSR count). The number of halogens is 1. The van der Waals surface area contributed by atoms with Gasteiger partial charge in [0.2, 0.25) is 0 Å². The third kappa shape index (κ3) is 2.06. The number of benzene rings is 2. The highest BCUT2D eigenvalue weighted by molar-refractivity contribution is 5.89. The molecule has 1 saturated carbocycles. The van der Waals surface area contributed by atoms with Crippen LogP contribution in [0.15, 0.2) is 28.7 Å². The number of hydrogen-bond donors (Lipinski definition) is 0. The molecule has 0 N–H and O–H groups in total. The Labute approximate surface area is 137 Å². The summed E-state index contributed by atoms with van der Waals surface area (Å²) in [6.45, 7) is 1.70. The highest BCUT2D eigenvalue weighted by atomic mass is 19.1. The van der Waals surface area contributed by atoms with Crippen molar-refractivity contribution in [3.8, 4) is 23.3 Å². The molecule has 1 aromatic heterocycles. The zero-order valence-electron chi connectivity index (χ0n) is 12.9. The number of nitrogens with zero attached hydrogens (tertiary/aromatic N) is 3. The van der Waals surface area contributed by atoms with Crippen LogP contribution in [0.2, 0.25) is 0 Å². The Morgan fingerprint density at radius 1 is 1.25 bits per heavy atom. The summed E-state index contributed by atoms with van der Waals surface area (Å²) in [6.07, 6.45) is 1.96. The summed E-state index contributed by atoms with van der Waals surface area (Å²) in [5.74, 6) is 0.202. The fourth-order valence-electron chi connectivity index (χ4n) is 2.96. The van der Waals surface area contributed by atoms with E-state index in [-0.39, 0.29) is 22.6 Å². The molecule has 2 aromatic carbocycles. The molecule has 116 valence electrons. The standard InChI is InChI=1S/C19H12FN3O/c1-10-14(9-22)17-18(24-19(23-17)12-5-6-12)16(20)15(10)13-4-2-3-11(7-13)8-21/h2-4,7,12H,5-6H2,1H3. The van der Waals surface area contributed by atoms with Crippen LogP contribution in [0.3, 0.4) is 0 Å². The first-order valence-electron chi connectivity index (χ1n) is 7.67. The number of nitriles is 2. The van der Waals surface area contributed by atoms with Crippen LogP contribution < -0.4 is 0 Å². The average molecular weight is 317 g/mol. The number of oxazole rings is 1. The summed E-state index contributed by atoms with van der Waals surface area (Å²) >= 11 is 0. The van der Waals surface area contributed by atoms with Crippen molar-refractivity contribution >= 4 is 11.1 Å². The Balaban J connectivity index is 2.05. The van der Waals surface area contributed by atoms with Crippen LogP contribution in [0, 0.1) is 35.4 Å². The lowest BCUT2D eigenvalue weighted by Crippen LogP contribution is -1.96. The summed E-state index contributed by atoms with van der Waals surface area (Å²) < 4.78 is 20.8. The van der Waals surface area contributed by atoms with E-state index < -0.39 is 5.82 Å². The quantitative estimate of drug-likeness (QED) is 0.694. The minimum Gasteiger partial charge on any atom is -0.437 e. The first kappa shape index (κ1) is 14.4. The van der Waals surface area contributed by atoms with Gasteiger partial charge in [-0.1, -0.05) is 12.1 Å². The highest BCUT2D eigenvalue weighted by Gasteiger charge is 2.31. The van der Waals surface area contributed by atoms with Gasteiger partial charge >= 0.3 is 0 Å². The highest BCUT2D eigenvalue weighted by Crippen LogP contribution is 2.43. The van der Waals surface area contributed by atoms with Gasteiger partial charge in [0.05, 0.1) is 17.2 Å². The summed E-state index contributed by atoms with van der Waals surface area (Å²) in [6, 6.07) is 10.8. The minimum absolute atomic E-state index is 0.0245. The van der Waals surface area contributed by atoms with E-state index in [2.05, 4.69) is 11.1 Å². The van der Waals surface area contributed by atoms with Crippen molar-refractivity contribution in [2.75, 3.05) is 0 Å². The van der Waals surface area contributed by atoms with Crippen LogP contribution in [0.1, 0.15) is 41.3 Å². The van der Waals surface area contributed by atoms with E-state index in [4.69, 9.17) is 9.68 Å². The van der Waals surface area contributed by atoms with Gasteiger partial charge in [0, 0.05) is 11.5 Å². The molecule has 0 spiro atoms. The Kier molecular flexibility index (Phi) is 3.11. The summed E-state index contributed by atoms with van der Waals surface area (Å²) in [5, 5.41) is 18.6. The van der Waals surface area contributed by atoms with E-state index in [0.717, 1.165) is 12.8 Å². The van der Waals surface area contributed by atoms with E-state index in [1.54, 1.807) is 31.2 Å². The van der Waals surface area contributed by atoms with Crippen molar-refractivity contribution in [3.63, 3.8) is 0 Å². The lowest BCUT2D eigenvalue weighted by atomic mass is 9.94. The van der Waals surface area contributed by atoms with Gasteiger partial charge in [-0.25, -0.2) is 9.37 Å². The molecule has 0 unspecified atom stereocenters. The molecule has 1 fully saturated rings. The van der Waals surface area contributed by atoms with Crippen molar-refractivity contribution in [2.24, 2.45) is 0 Å². The molecule has 1 heterocycles. The monoisotopic (exact) mass is 317 g/mol. The van der Waals surface area contributed by atoms with Gasteiger partial charge in [0.25, 0.3) is 0 Å². The van der Waals surface area contributed by atoms with Gasteiger partial charge in [-0.15, -0.1) is 0 Å². The maximum atomic E-state index is 15.1. The van der Waals surface area contributed by atoms with Gasteiger partial charge in [-0.2, -0.15) is 10.5 Å². The van der Waals surface area contributed by atoms with Gasteiger partial charge in [0.15, 0.2) is 17.3 Å². The topological polar surface area (TPSA) is 73.6 Å². The minimum atomic E-state index is -0.531. The van der Waals surface area contributed by atoms with E-state index in [1.165, 1.54) is 0 Å². The van der Waals surface area contributed by atoms with Crippen LogP contribution in [-0.4, -0.2) is 4.98 Å². The molecule has 0 aliphatic heterocycles. The molecule has 0 radical (unpaired) electrons. The van der Waals surface area contributed by atoms with Crippen molar-refractivity contribution in [3.05, 3.63) is 52.7 Å². The Hall–Kier alpha value is -3.18. The maximum Gasteiger partial charge on any atom is 0.198 e. The maximum absolute atomic E-state index is 15.1. The predicted molar refractivity (Wildman–Crippen MR) is 85.5 cm³/mol. The molecule has 1 aliphatic carbocycles. The Morgan fingerprint density at radius 2 is 2.04 bits per heavy atom. The second-order valence-electron chi connectivity index (χ2n) is 6.00. The summed E-state index contributed by atoms with van der Waals surface area (Å²) in [7, 11) is 0. The van der Waals surface area contributed by atoms with Crippen molar-refractivity contribution in [1.29, 1.82) is 10.5 Å². The zero-order valence-corrected chi connectivity index (χ0v) is 12.9. The molecule has 24 heavy (non-hydrogen) atoms. The van der Waals surface area contributed by atoms with Gasteiger partial charge in [-0.05, 0) is 43.0 Å². The molecule has 1 aliphatic rings. The number of fused-ring (bicyclic) bond motifs is 1. The van der Waals surface area contributed by atoms with Crippen LogP contribution in [0.5, 0.6) is 0 Å². The van der Waals surface area contributed by atoms with Crippen LogP contribution in [-0.2, 0) is 0 Å². The molecule has 0 saturated heterocycles. The van der Waals surface area contributed by atoms with E-state index >= 15 is 4.39 Å². The lowest BCUT2D eigenvalue weighted by molar-refractivity contribution is 0.509. The molecule has 0 amide bonds. The lowest BCUT2D eigenvalue weighted by Gasteiger charge is -2.10. The van der Waals surface area contributed by atoms with Gasteiger partial charge in [0.1, 0.15) is 11.6 Å². The molecular formula is C19H12FN3O. The van der Waals surface area contributed by atoms with Crippen LogP contribution in [0.25, 0.3) is 22.2 Å². The van der Waals surface area contributed by atoms with Crippen LogP contribution in [0.4, 0.5) is 4.39 Å². The fourth-order valence-corrected chi connectivity index (χ4v) is 2.96. The van der Waals surface area contributed by atoms with Crippen molar-refractivity contribution in [1.82, 2.24) is 4.98 Å². The number of aromatic nitrogens is 1. The van der Waals surface area contributed by atoms with E-state index in [1.807, 2.05) is 6.07 Å². The molecule has 3 aromatic rings. The zero-order chi connectivity index (χ0) is 16.8. The van der Waals surface area contributed by atoms with Crippen LogP contribution >= 0.6 is 0 Å². The second kappa shape index (κ2) is 5.18. The molecule has 0 bridgehead atoms. The van der Waals surface area contributed by atoms with E-state index in [0.29, 0.717) is 28.1 Å². The summed E-state index contributed by atoms with van der Waals surface area (Å²) in [4.78, 5) is 4.35. The van der Waals surface area contributed by atoms with Crippen molar-refractivity contribution < 1.29 is 8.81 Å². The van der Waals surface area contributed by atoms with E-state index in [9.17, 15) is 5.26 Å². The first-order valence-corrected chi connectivity index (χ1v) is 7.67. The van der Waals surface area contributed by atoms with Gasteiger partial charge in [-0.3, -0.25) is 0 Å². The largest absolute Gasteiger partial charge is 0.437 e. The molecular weight excluding hydrogens is 305 g/mol. The first-order chi connectivity index (χ1) is 11.6. The molecule has 4 nitrogen and oxygen atoms in total. The molecule has 0 atom stereocenters. The number of rotatable bonds is 2. The third-order valence-electron chi connectivity index (χ3n) is 4.37. The predicted octanol–water partition coefficient (Wildman–Crippen LogP) is 4.56. The van der Waals surface area contributed by atoms with Gasteiger partial charge < -0.3 is 4.42 Å². The number of hydrogen-bond acceptors (Lipinski definition) is 4. The fraction of sp³-hybridized carbons (Fsp3) is 0.211. The van der Waals surface area contributed by atoms with Crippen molar-refractivity contribution in [2.45, 2.75) is 25.7 Å². The Morgan fingerprint density at radius 3 is 2.71 bits per heavy atom. The SMILES string of the molecule is Cc1c(-c2cccc(C#N)c2)c(F)c2oc(C3CC3)nc2c1C#N. The normalized spacial score (nSPS) is 13.7. The molecule has 5 heteroatoms.